The maximum absolute atomic E-state index is 9.98. The van der Waals surface area contributed by atoms with E-state index in [0.29, 0.717) is 30.9 Å². The Morgan fingerprint density at radius 2 is 1.76 bits per heavy atom. The molecule has 4 heteroatoms. The van der Waals surface area contributed by atoms with E-state index >= 15 is 0 Å². The maximum atomic E-state index is 9.98. The van der Waals surface area contributed by atoms with Crippen LogP contribution in [0.15, 0.2) is 12.1 Å². The summed E-state index contributed by atoms with van der Waals surface area (Å²) in [6, 6.07) is 3.85. The van der Waals surface area contributed by atoms with Crippen LogP contribution < -0.4 is 4.74 Å². The average Bonchev–Trinajstić information content (AvgIpc) is 2.46. The molecular weight excluding hydrogens is 288 g/mol. The van der Waals surface area contributed by atoms with Crippen LogP contribution >= 0.6 is 11.6 Å². The number of ether oxygens (including phenoxy) is 1. The molecule has 0 heterocycles. The predicted octanol–water partition coefficient (Wildman–Crippen LogP) is 3.89. The van der Waals surface area contributed by atoms with Crippen molar-refractivity contribution >= 4 is 11.6 Å². The van der Waals surface area contributed by atoms with Gasteiger partial charge in [0, 0.05) is 5.02 Å². The number of aryl methyl sites for hydroxylation is 2. The molecule has 3 nitrogen and oxygen atoms in total. The summed E-state index contributed by atoms with van der Waals surface area (Å²) in [5.74, 6) is 0.830. The second-order valence-electron chi connectivity index (χ2n) is 5.52. The first-order chi connectivity index (χ1) is 9.99. The number of rotatable bonds is 9. The predicted molar refractivity (Wildman–Crippen MR) is 87.2 cm³/mol. The Hall–Kier alpha value is -0.770. The van der Waals surface area contributed by atoms with Crippen LogP contribution in [-0.4, -0.2) is 29.0 Å². The van der Waals surface area contributed by atoms with Crippen molar-refractivity contribution in [1.29, 1.82) is 0 Å². The molecule has 0 bridgehead atoms. The number of aliphatic hydroxyl groups is 2. The van der Waals surface area contributed by atoms with Gasteiger partial charge in [-0.15, -0.1) is 0 Å². The van der Waals surface area contributed by atoms with Gasteiger partial charge in [0.15, 0.2) is 0 Å². The molecular formula is C17H27ClO3. The Balaban J connectivity index is 2.74. The van der Waals surface area contributed by atoms with Gasteiger partial charge in [-0.25, -0.2) is 0 Å². The average molecular weight is 315 g/mol. The zero-order chi connectivity index (χ0) is 15.8. The van der Waals surface area contributed by atoms with Gasteiger partial charge in [-0.1, -0.05) is 31.9 Å². The lowest BCUT2D eigenvalue weighted by atomic mass is 9.99. The molecule has 0 saturated heterocycles. The summed E-state index contributed by atoms with van der Waals surface area (Å²) in [6.07, 6.45) is 2.21. The Morgan fingerprint density at radius 3 is 2.38 bits per heavy atom. The van der Waals surface area contributed by atoms with Gasteiger partial charge in [-0.3, -0.25) is 0 Å². The molecule has 0 saturated carbocycles. The third kappa shape index (κ3) is 5.85. The van der Waals surface area contributed by atoms with Crippen molar-refractivity contribution in [2.45, 2.75) is 65.1 Å². The van der Waals surface area contributed by atoms with Crippen molar-refractivity contribution < 1.29 is 14.9 Å². The van der Waals surface area contributed by atoms with Gasteiger partial charge in [0.05, 0.1) is 18.8 Å². The van der Waals surface area contributed by atoms with Gasteiger partial charge in [0.2, 0.25) is 0 Å². The van der Waals surface area contributed by atoms with Gasteiger partial charge < -0.3 is 14.9 Å². The standard InChI is InChI=1S/C17H27ClO3/c1-4-6-15(19)16(20)8-7-13-11-14(18)12(3)10-17(13)21-9-5-2/h10-11,15-16,19-20H,4-9H2,1-3H3. The molecule has 0 aromatic heterocycles. The molecule has 0 amide bonds. The number of halogens is 1. The second-order valence-corrected chi connectivity index (χ2v) is 5.93. The van der Waals surface area contributed by atoms with Crippen LogP contribution in [0.3, 0.4) is 0 Å². The largest absolute Gasteiger partial charge is 0.493 e. The van der Waals surface area contributed by atoms with E-state index in [-0.39, 0.29) is 0 Å². The third-order valence-corrected chi connectivity index (χ3v) is 3.95. The van der Waals surface area contributed by atoms with E-state index in [1.165, 1.54) is 0 Å². The molecule has 0 fully saturated rings. The molecule has 0 aliphatic rings. The summed E-state index contributed by atoms with van der Waals surface area (Å²) >= 11 is 6.18. The van der Waals surface area contributed by atoms with Gasteiger partial charge in [0.1, 0.15) is 5.75 Å². The molecule has 1 aromatic rings. The molecule has 0 spiro atoms. The Kier molecular flexibility index (Phi) is 8.09. The molecule has 2 N–H and O–H groups in total. The summed E-state index contributed by atoms with van der Waals surface area (Å²) in [7, 11) is 0. The number of benzene rings is 1. The van der Waals surface area contributed by atoms with Crippen LogP contribution in [0.1, 0.15) is 50.7 Å². The molecule has 120 valence electrons. The highest BCUT2D eigenvalue weighted by Crippen LogP contribution is 2.28. The maximum Gasteiger partial charge on any atom is 0.122 e. The lowest BCUT2D eigenvalue weighted by molar-refractivity contribution is 0.00972. The minimum Gasteiger partial charge on any atom is -0.493 e. The first-order valence-corrected chi connectivity index (χ1v) is 8.15. The van der Waals surface area contributed by atoms with E-state index < -0.39 is 12.2 Å². The van der Waals surface area contributed by atoms with Gasteiger partial charge in [0.25, 0.3) is 0 Å². The SMILES string of the molecule is CCCOc1cc(C)c(Cl)cc1CCC(O)C(O)CCC. The minimum atomic E-state index is -0.705. The quantitative estimate of drug-likeness (QED) is 0.727. The Morgan fingerprint density at radius 1 is 1.10 bits per heavy atom. The summed E-state index contributed by atoms with van der Waals surface area (Å²) < 4.78 is 5.76. The molecule has 2 atom stereocenters. The first-order valence-electron chi connectivity index (χ1n) is 7.77. The molecule has 1 aromatic carbocycles. The molecule has 21 heavy (non-hydrogen) atoms. The normalized spacial score (nSPS) is 14.0. The van der Waals surface area contributed by atoms with Crippen LogP contribution in [0, 0.1) is 6.92 Å². The van der Waals surface area contributed by atoms with Crippen molar-refractivity contribution in [3.8, 4) is 5.75 Å². The van der Waals surface area contributed by atoms with Crippen molar-refractivity contribution in [1.82, 2.24) is 0 Å². The monoisotopic (exact) mass is 314 g/mol. The van der Waals surface area contributed by atoms with Crippen LogP contribution in [0.4, 0.5) is 0 Å². The topological polar surface area (TPSA) is 49.7 Å². The van der Waals surface area contributed by atoms with Crippen LogP contribution in [0.5, 0.6) is 5.75 Å². The van der Waals surface area contributed by atoms with Crippen LogP contribution in [0.25, 0.3) is 0 Å². The molecule has 0 aliphatic carbocycles. The molecule has 1 rings (SSSR count). The minimum absolute atomic E-state index is 0.503. The van der Waals surface area contributed by atoms with Crippen molar-refractivity contribution in [2.75, 3.05) is 6.61 Å². The van der Waals surface area contributed by atoms with Crippen molar-refractivity contribution in [3.05, 3.63) is 28.3 Å². The number of hydrogen-bond acceptors (Lipinski definition) is 3. The van der Waals surface area contributed by atoms with Crippen molar-refractivity contribution in [2.24, 2.45) is 0 Å². The lowest BCUT2D eigenvalue weighted by Gasteiger charge is -2.18. The van der Waals surface area contributed by atoms with E-state index in [9.17, 15) is 10.2 Å². The summed E-state index contributed by atoms with van der Waals surface area (Å²) in [4.78, 5) is 0. The highest BCUT2D eigenvalue weighted by Gasteiger charge is 2.16. The second kappa shape index (κ2) is 9.29. The smallest absolute Gasteiger partial charge is 0.122 e. The van der Waals surface area contributed by atoms with Crippen LogP contribution in [-0.2, 0) is 6.42 Å². The number of aliphatic hydroxyl groups excluding tert-OH is 2. The first kappa shape index (κ1) is 18.3. The summed E-state index contributed by atoms with van der Waals surface area (Å²) in [5, 5.41) is 20.5. The van der Waals surface area contributed by atoms with E-state index in [1.807, 2.05) is 26.0 Å². The van der Waals surface area contributed by atoms with E-state index in [2.05, 4.69) is 6.92 Å². The zero-order valence-electron chi connectivity index (χ0n) is 13.2. The zero-order valence-corrected chi connectivity index (χ0v) is 14.0. The third-order valence-electron chi connectivity index (χ3n) is 3.54. The van der Waals surface area contributed by atoms with E-state index in [0.717, 1.165) is 29.7 Å². The Bertz CT molecular complexity index is 434. The van der Waals surface area contributed by atoms with Gasteiger partial charge in [-0.05, 0) is 55.9 Å². The van der Waals surface area contributed by atoms with E-state index in [4.69, 9.17) is 16.3 Å². The lowest BCUT2D eigenvalue weighted by Crippen LogP contribution is -2.26. The van der Waals surface area contributed by atoms with Gasteiger partial charge in [-0.2, -0.15) is 0 Å². The fraction of sp³-hybridized carbons (Fsp3) is 0.647. The summed E-state index contributed by atoms with van der Waals surface area (Å²) in [5.41, 5.74) is 1.97. The van der Waals surface area contributed by atoms with E-state index in [1.54, 1.807) is 0 Å². The fourth-order valence-electron chi connectivity index (χ4n) is 2.22. The highest BCUT2D eigenvalue weighted by molar-refractivity contribution is 6.31. The molecule has 2 unspecified atom stereocenters. The fourth-order valence-corrected chi connectivity index (χ4v) is 2.41. The molecule has 0 aliphatic heterocycles. The highest BCUT2D eigenvalue weighted by atomic mass is 35.5. The van der Waals surface area contributed by atoms with Crippen molar-refractivity contribution in [3.63, 3.8) is 0 Å². The number of hydrogen-bond donors (Lipinski definition) is 2. The Labute approximate surface area is 132 Å². The van der Waals surface area contributed by atoms with Crippen LogP contribution in [0.2, 0.25) is 5.02 Å². The summed E-state index contributed by atoms with van der Waals surface area (Å²) in [6.45, 7) is 6.67. The molecule has 0 radical (unpaired) electrons. The van der Waals surface area contributed by atoms with Gasteiger partial charge >= 0.3 is 0 Å².